The number of carbonyl (C=O) groups excluding carboxylic acids is 3. The molecule has 3 aliphatic heterocycles. The maximum atomic E-state index is 14.5. The number of nitrogens with zero attached hydrogens (tertiary/aromatic N) is 2. The number of rotatable bonds is 12. The van der Waals surface area contributed by atoms with E-state index >= 15 is 0 Å². The Morgan fingerprint density at radius 3 is 2.58 bits per heavy atom. The first-order valence-corrected chi connectivity index (χ1v) is 14.0. The first-order chi connectivity index (χ1) is 18.2. The molecule has 0 aromatic heterocycles. The van der Waals surface area contributed by atoms with E-state index in [-0.39, 0.29) is 37.5 Å². The molecule has 3 saturated heterocycles. The predicted molar refractivity (Wildman–Crippen MR) is 145 cm³/mol. The lowest BCUT2D eigenvalue weighted by Crippen LogP contribution is -2.57. The van der Waals surface area contributed by atoms with Crippen LogP contribution in [0.4, 0.5) is 5.69 Å². The SMILES string of the molecule is C=CCN(C(=O)C1N(CCCCCCO)C(=O)[C@@H]2[C@@H](C(=O)OCC)[C@]3(C)OC12CC3C)c1ccc(Cl)cc1. The summed E-state index contributed by atoms with van der Waals surface area (Å²) >= 11 is 6.11. The van der Waals surface area contributed by atoms with Crippen LogP contribution in [0.5, 0.6) is 0 Å². The molecule has 208 valence electrons. The molecule has 1 aromatic carbocycles. The summed E-state index contributed by atoms with van der Waals surface area (Å²) in [6.07, 6.45) is 5.16. The third kappa shape index (κ3) is 4.65. The van der Waals surface area contributed by atoms with E-state index in [1.807, 2.05) is 13.8 Å². The molecule has 3 unspecified atom stereocenters. The molecule has 0 saturated carbocycles. The molecule has 6 atom stereocenters. The second kappa shape index (κ2) is 11.4. The number of carbonyl (C=O) groups is 3. The number of benzene rings is 1. The molecule has 0 aliphatic carbocycles. The highest BCUT2D eigenvalue weighted by atomic mass is 35.5. The smallest absolute Gasteiger partial charge is 0.312 e. The Bertz CT molecular complexity index is 1060. The molecule has 3 heterocycles. The van der Waals surface area contributed by atoms with E-state index in [2.05, 4.69) is 6.58 Å². The number of hydrogen-bond donors (Lipinski definition) is 1. The fourth-order valence-corrected chi connectivity index (χ4v) is 6.94. The molecule has 4 rings (SSSR count). The van der Waals surface area contributed by atoms with Gasteiger partial charge in [0.15, 0.2) is 0 Å². The number of halogens is 1. The molecular formula is C29H39ClN2O6. The molecule has 38 heavy (non-hydrogen) atoms. The summed E-state index contributed by atoms with van der Waals surface area (Å²) in [7, 11) is 0. The van der Waals surface area contributed by atoms with Gasteiger partial charge in [-0.25, -0.2) is 0 Å². The second-order valence-corrected chi connectivity index (χ2v) is 11.3. The molecule has 2 amide bonds. The molecule has 1 aromatic rings. The Hall–Kier alpha value is -2.42. The third-order valence-corrected chi connectivity index (χ3v) is 8.86. The summed E-state index contributed by atoms with van der Waals surface area (Å²) in [5.41, 5.74) is -1.39. The van der Waals surface area contributed by atoms with Crippen LogP contribution in [-0.4, -0.2) is 71.3 Å². The topological polar surface area (TPSA) is 96.4 Å². The largest absolute Gasteiger partial charge is 0.466 e. The van der Waals surface area contributed by atoms with Gasteiger partial charge in [0.2, 0.25) is 5.91 Å². The Balaban J connectivity index is 1.76. The lowest BCUT2D eigenvalue weighted by Gasteiger charge is -2.37. The van der Waals surface area contributed by atoms with Crippen LogP contribution in [0.2, 0.25) is 5.02 Å². The lowest BCUT2D eigenvalue weighted by atomic mass is 9.62. The first kappa shape index (κ1) is 28.6. The van der Waals surface area contributed by atoms with Crippen molar-refractivity contribution in [3.05, 3.63) is 41.9 Å². The summed E-state index contributed by atoms with van der Waals surface area (Å²) < 4.78 is 12.2. The number of unbranched alkanes of at least 4 members (excludes halogenated alkanes) is 3. The second-order valence-electron chi connectivity index (χ2n) is 10.8. The van der Waals surface area contributed by atoms with E-state index in [4.69, 9.17) is 26.2 Å². The molecule has 2 bridgehead atoms. The standard InChI is InChI=1S/C29H39ClN2O6/c1-5-15-31(21-13-11-20(30)12-14-21)26(35)24-29-18-19(3)28(4,38-29)23(27(36)37-6-2)22(29)25(34)32(24)16-9-7-8-10-17-33/h5,11-14,19,22-24,33H,1,6-10,15-18H2,2-4H3/t19?,22-,23-,24?,28+,29?/m0/s1. The number of aliphatic hydroxyl groups excluding tert-OH is 1. The predicted octanol–water partition coefficient (Wildman–Crippen LogP) is 3.99. The van der Waals surface area contributed by atoms with Gasteiger partial charge in [-0.05, 0) is 63.3 Å². The van der Waals surface area contributed by atoms with Gasteiger partial charge >= 0.3 is 5.97 Å². The Labute approximate surface area is 229 Å². The average molecular weight is 547 g/mol. The highest BCUT2D eigenvalue weighted by Gasteiger charge is 2.80. The van der Waals surface area contributed by atoms with Gasteiger partial charge < -0.3 is 24.4 Å². The Kier molecular flexibility index (Phi) is 8.55. The minimum atomic E-state index is -1.13. The van der Waals surface area contributed by atoms with Crippen LogP contribution in [0.3, 0.4) is 0 Å². The van der Waals surface area contributed by atoms with E-state index in [1.54, 1.807) is 47.1 Å². The summed E-state index contributed by atoms with van der Waals surface area (Å²) in [4.78, 5) is 45.1. The minimum absolute atomic E-state index is 0.0517. The number of anilines is 1. The van der Waals surface area contributed by atoms with E-state index in [0.29, 0.717) is 36.5 Å². The van der Waals surface area contributed by atoms with Crippen molar-refractivity contribution in [2.45, 2.75) is 70.1 Å². The van der Waals surface area contributed by atoms with Crippen molar-refractivity contribution in [2.75, 3.05) is 31.2 Å². The van der Waals surface area contributed by atoms with Crippen molar-refractivity contribution in [1.82, 2.24) is 4.90 Å². The van der Waals surface area contributed by atoms with Gasteiger partial charge in [-0.1, -0.05) is 37.4 Å². The highest BCUT2D eigenvalue weighted by molar-refractivity contribution is 6.30. The van der Waals surface area contributed by atoms with E-state index < -0.39 is 35.0 Å². The average Bonchev–Trinajstić information content (AvgIpc) is 3.39. The van der Waals surface area contributed by atoms with Crippen molar-refractivity contribution in [2.24, 2.45) is 17.8 Å². The van der Waals surface area contributed by atoms with Crippen molar-refractivity contribution >= 4 is 35.1 Å². The van der Waals surface area contributed by atoms with E-state index in [0.717, 1.165) is 12.8 Å². The normalized spacial score (nSPS) is 31.4. The van der Waals surface area contributed by atoms with Crippen LogP contribution in [0.1, 0.15) is 52.9 Å². The van der Waals surface area contributed by atoms with Crippen LogP contribution < -0.4 is 4.90 Å². The zero-order valence-corrected chi connectivity index (χ0v) is 23.3. The number of likely N-dealkylation sites (tertiary alicyclic amines) is 1. The van der Waals surface area contributed by atoms with Gasteiger partial charge in [0, 0.05) is 30.4 Å². The molecule has 9 heteroatoms. The van der Waals surface area contributed by atoms with Gasteiger partial charge in [0.1, 0.15) is 17.6 Å². The van der Waals surface area contributed by atoms with Crippen molar-refractivity contribution in [1.29, 1.82) is 0 Å². The minimum Gasteiger partial charge on any atom is -0.466 e. The summed E-state index contributed by atoms with van der Waals surface area (Å²) in [6.45, 7) is 10.4. The van der Waals surface area contributed by atoms with E-state index in [9.17, 15) is 14.4 Å². The van der Waals surface area contributed by atoms with Gasteiger partial charge in [-0.2, -0.15) is 0 Å². The summed E-state index contributed by atoms with van der Waals surface area (Å²) in [6, 6.07) is 6.09. The highest BCUT2D eigenvalue weighted by Crippen LogP contribution is 2.65. The molecule has 8 nitrogen and oxygen atoms in total. The molecule has 1 N–H and O–H groups in total. The van der Waals surface area contributed by atoms with Gasteiger partial charge in [0.25, 0.3) is 5.91 Å². The number of esters is 1. The van der Waals surface area contributed by atoms with Gasteiger partial charge in [-0.3, -0.25) is 14.4 Å². The number of hydrogen-bond acceptors (Lipinski definition) is 6. The maximum absolute atomic E-state index is 14.5. The fraction of sp³-hybridized carbons (Fsp3) is 0.621. The number of amides is 2. The molecule has 3 aliphatic rings. The quantitative estimate of drug-likeness (QED) is 0.242. The van der Waals surface area contributed by atoms with Gasteiger partial charge in [0.05, 0.1) is 18.1 Å². The summed E-state index contributed by atoms with van der Waals surface area (Å²) in [5.74, 6) is -2.56. The number of fused-ring (bicyclic) bond motifs is 1. The maximum Gasteiger partial charge on any atom is 0.312 e. The number of ether oxygens (including phenoxy) is 2. The van der Waals surface area contributed by atoms with Crippen molar-refractivity contribution in [3.8, 4) is 0 Å². The van der Waals surface area contributed by atoms with Gasteiger partial charge in [-0.15, -0.1) is 6.58 Å². The third-order valence-electron chi connectivity index (χ3n) is 8.61. The van der Waals surface area contributed by atoms with Crippen LogP contribution in [0.15, 0.2) is 36.9 Å². The summed E-state index contributed by atoms with van der Waals surface area (Å²) in [5, 5.41) is 9.68. The van der Waals surface area contributed by atoms with Crippen LogP contribution in [-0.2, 0) is 23.9 Å². The molecular weight excluding hydrogens is 508 g/mol. The molecule has 3 fully saturated rings. The van der Waals surface area contributed by atoms with Crippen LogP contribution >= 0.6 is 11.6 Å². The Morgan fingerprint density at radius 1 is 1.26 bits per heavy atom. The van der Waals surface area contributed by atoms with E-state index in [1.165, 1.54) is 0 Å². The lowest BCUT2D eigenvalue weighted by molar-refractivity contribution is -0.161. The van der Waals surface area contributed by atoms with Crippen molar-refractivity contribution < 1.29 is 29.0 Å². The Morgan fingerprint density at radius 2 is 1.95 bits per heavy atom. The number of aliphatic hydroxyl groups is 1. The zero-order valence-electron chi connectivity index (χ0n) is 22.5. The van der Waals surface area contributed by atoms with Crippen molar-refractivity contribution in [3.63, 3.8) is 0 Å². The first-order valence-electron chi connectivity index (χ1n) is 13.6. The van der Waals surface area contributed by atoms with Crippen LogP contribution in [0.25, 0.3) is 0 Å². The zero-order chi connectivity index (χ0) is 27.7. The molecule has 0 radical (unpaired) electrons. The fourth-order valence-electron chi connectivity index (χ4n) is 6.82. The molecule has 1 spiro atoms. The van der Waals surface area contributed by atoms with Crippen LogP contribution in [0, 0.1) is 17.8 Å². The monoisotopic (exact) mass is 546 g/mol.